The van der Waals surface area contributed by atoms with E-state index in [0.29, 0.717) is 6.04 Å². The highest BCUT2D eigenvalue weighted by Crippen LogP contribution is 2.59. The van der Waals surface area contributed by atoms with E-state index in [1.54, 1.807) is 0 Å². The van der Waals surface area contributed by atoms with Crippen LogP contribution in [0.2, 0.25) is 0 Å². The first kappa shape index (κ1) is 15.8. The fourth-order valence-corrected chi connectivity index (χ4v) is 4.51. The zero-order chi connectivity index (χ0) is 15.9. The Morgan fingerprint density at radius 3 is 2.05 bits per heavy atom. The van der Waals surface area contributed by atoms with Crippen LogP contribution in [0.1, 0.15) is 46.0 Å². The molecule has 1 amide bonds. The average molecular weight is 308 g/mol. The van der Waals surface area contributed by atoms with Crippen LogP contribution < -0.4 is 0 Å². The number of carbonyl (C=O) groups is 2. The Balaban J connectivity index is 1.53. The van der Waals surface area contributed by atoms with E-state index in [1.165, 1.54) is 32.1 Å². The van der Waals surface area contributed by atoms with Gasteiger partial charge in [-0.1, -0.05) is 33.1 Å². The minimum absolute atomic E-state index is 0.0562. The molecule has 1 saturated heterocycles. The summed E-state index contributed by atoms with van der Waals surface area (Å²) in [6.07, 6.45) is 6.62. The second kappa shape index (κ2) is 5.84. The van der Waals surface area contributed by atoms with Gasteiger partial charge in [0.1, 0.15) is 0 Å². The van der Waals surface area contributed by atoms with Crippen LogP contribution in [0.4, 0.5) is 0 Å². The molecular formula is C17H28N2O3. The van der Waals surface area contributed by atoms with Gasteiger partial charge in [0.25, 0.3) is 0 Å². The van der Waals surface area contributed by atoms with E-state index in [-0.39, 0.29) is 17.2 Å². The molecule has 1 heterocycles. The van der Waals surface area contributed by atoms with Crippen molar-refractivity contribution in [2.45, 2.75) is 52.0 Å². The number of carboxylic acid groups (broad SMARTS) is 1. The fraction of sp³-hybridized carbons (Fsp3) is 0.882. The highest BCUT2D eigenvalue weighted by molar-refractivity contribution is 5.91. The summed E-state index contributed by atoms with van der Waals surface area (Å²) in [4.78, 5) is 28.3. The average Bonchev–Trinajstić information content (AvgIpc) is 3.10. The molecular weight excluding hydrogens is 280 g/mol. The van der Waals surface area contributed by atoms with Crippen LogP contribution in [0.25, 0.3) is 0 Å². The molecule has 3 fully saturated rings. The smallest absolute Gasteiger partial charge is 0.307 e. The van der Waals surface area contributed by atoms with Crippen LogP contribution in [0.15, 0.2) is 0 Å². The van der Waals surface area contributed by atoms with Crippen molar-refractivity contribution in [2.75, 3.05) is 26.2 Å². The molecule has 2 saturated carbocycles. The van der Waals surface area contributed by atoms with Crippen LogP contribution in [0, 0.1) is 17.3 Å². The molecule has 0 aromatic heterocycles. The van der Waals surface area contributed by atoms with E-state index in [2.05, 4.69) is 4.90 Å². The van der Waals surface area contributed by atoms with Crippen LogP contribution in [0.3, 0.4) is 0 Å². The third kappa shape index (κ3) is 2.75. The molecule has 2 atom stereocenters. The van der Waals surface area contributed by atoms with E-state index in [1.807, 2.05) is 18.7 Å². The lowest BCUT2D eigenvalue weighted by Gasteiger charge is -2.41. The van der Waals surface area contributed by atoms with Crippen LogP contribution in [-0.2, 0) is 9.59 Å². The summed E-state index contributed by atoms with van der Waals surface area (Å²) in [6.45, 7) is 7.20. The van der Waals surface area contributed by atoms with Gasteiger partial charge in [-0.05, 0) is 18.3 Å². The van der Waals surface area contributed by atoms with Gasteiger partial charge in [-0.3, -0.25) is 14.5 Å². The molecule has 5 nitrogen and oxygen atoms in total. The van der Waals surface area contributed by atoms with Crippen molar-refractivity contribution in [3.8, 4) is 0 Å². The molecule has 2 aliphatic carbocycles. The second-order valence-electron chi connectivity index (χ2n) is 7.77. The summed E-state index contributed by atoms with van der Waals surface area (Å²) >= 11 is 0. The van der Waals surface area contributed by atoms with Crippen molar-refractivity contribution < 1.29 is 14.7 Å². The van der Waals surface area contributed by atoms with Crippen molar-refractivity contribution in [3.05, 3.63) is 0 Å². The van der Waals surface area contributed by atoms with E-state index in [0.717, 1.165) is 26.2 Å². The molecule has 1 N–H and O–H groups in total. The SMILES string of the molecule is CC1(C)[C@H](C(=O)O)[C@@H]1C(=O)N1CCN(C2CCCCC2)CC1. The Bertz CT molecular complexity index is 449. The number of carboxylic acids is 1. The second-order valence-corrected chi connectivity index (χ2v) is 7.77. The predicted octanol–water partition coefficient (Wildman–Crippen LogP) is 1.82. The first-order valence-corrected chi connectivity index (χ1v) is 8.68. The van der Waals surface area contributed by atoms with Crippen molar-refractivity contribution in [1.29, 1.82) is 0 Å². The summed E-state index contributed by atoms with van der Waals surface area (Å²) in [6, 6.07) is 0.704. The Hall–Kier alpha value is -1.10. The van der Waals surface area contributed by atoms with E-state index in [4.69, 9.17) is 0 Å². The number of carbonyl (C=O) groups excluding carboxylic acids is 1. The number of aliphatic carboxylic acids is 1. The summed E-state index contributed by atoms with van der Waals surface area (Å²) < 4.78 is 0. The number of piperazine rings is 1. The van der Waals surface area contributed by atoms with Gasteiger partial charge in [0, 0.05) is 32.2 Å². The maximum absolute atomic E-state index is 12.6. The number of rotatable bonds is 3. The fourth-order valence-electron chi connectivity index (χ4n) is 4.51. The highest BCUT2D eigenvalue weighted by Gasteiger charge is 2.66. The topological polar surface area (TPSA) is 60.9 Å². The third-order valence-electron chi connectivity index (χ3n) is 6.08. The van der Waals surface area contributed by atoms with E-state index >= 15 is 0 Å². The maximum atomic E-state index is 12.6. The molecule has 1 aliphatic heterocycles. The highest BCUT2D eigenvalue weighted by atomic mass is 16.4. The third-order valence-corrected chi connectivity index (χ3v) is 6.08. The molecule has 3 aliphatic rings. The zero-order valence-electron chi connectivity index (χ0n) is 13.8. The maximum Gasteiger partial charge on any atom is 0.307 e. The quantitative estimate of drug-likeness (QED) is 0.864. The van der Waals surface area contributed by atoms with Crippen molar-refractivity contribution in [2.24, 2.45) is 17.3 Å². The Morgan fingerprint density at radius 1 is 0.955 bits per heavy atom. The van der Waals surface area contributed by atoms with Crippen molar-refractivity contribution in [3.63, 3.8) is 0 Å². The number of amides is 1. The van der Waals surface area contributed by atoms with Gasteiger partial charge >= 0.3 is 5.97 Å². The van der Waals surface area contributed by atoms with Crippen LogP contribution in [0.5, 0.6) is 0 Å². The number of nitrogens with zero attached hydrogens (tertiary/aromatic N) is 2. The van der Waals surface area contributed by atoms with Crippen molar-refractivity contribution >= 4 is 11.9 Å². The largest absolute Gasteiger partial charge is 0.481 e. The molecule has 22 heavy (non-hydrogen) atoms. The van der Waals surface area contributed by atoms with Gasteiger partial charge in [0.05, 0.1) is 11.8 Å². The predicted molar refractivity (Wildman–Crippen MR) is 83.4 cm³/mol. The van der Waals surface area contributed by atoms with Crippen molar-refractivity contribution in [1.82, 2.24) is 9.80 Å². The van der Waals surface area contributed by atoms with E-state index < -0.39 is 11.9 Å². The minimum Gasteiger partial charge on any atom is -0.481 e. The van der Waals surface area contributed by atoms with Gasteiger partial charge < -0.3 is 10.0 Å². The van der Waals surface area contributed by atoms with Gasteiger partial charge in [0.15, 0.2) is 0 Å². The van der Waals surface area contributed by atoms with Gasteiger partial charge in [0.2, 0.25) is 5.91 Å². The summed E-state index contributed by atoms with van der Waals surface area (Å²) in [5.41, 5.74) is -0.385. The molecule has 3 rings (SSSR count). The lowest BCUT2D eigenvalue weighted by Crippen LogP contribution is -2.53. The standard InChI is InChI=1S/C17H28N2O3/c1-17(2)13(14(17)16(21)22)15(20)19-10-8-18(9-11-19)12-6-4-3-5-7-12/h12-14H,3-11H2,1-2H3,(H,21,22)/t13-,14+/m1/s1. The van der Waals surface area contributed by atoms with Crippen LogP contribution in [-0.4, -0.2) is 59.0 Å². The Labute approximate surface area is 132 Å². The molecule has 0 aromatic rings. The Kier molecular flexibility index (Phi) is 4.19. The molecule has 0 spiro atoms. The van der Waals surface area contributed by atoms with Crippen LogP contribution >= 0.6 is 0 Å². The Morgan fingerprint density at radius 2 is 1.55 bits per heavy atom. The molecule has 124 valence electrons. The van der Waals surface area contributed by atoms with E-state index in [9.17, 15) is 14.7 Å². The normalized spacial score (nSPS) is 32.7. The molecule has 0 unspecified atom stereocenters. The first-order valence-electron chi connectivity index (χ1n) is 8.68. The molecule has 5 heteroatoms. The summed E-state index contributed by atoms with van der Waals surface area (Å²) in [7, 11) is 0. The van der Waals surface area contributed by atoms with Gasteiger partial charge in [-0.25, -0.2) is 0 Å². The monoisotopic (exact) mass is 308 g/mol. The molecule has 0 bridgehead atoms. The first-order chi connectivity index (χ1) is 10.4. The molecule has 0 aromatic carbocycles. The molecule has 0 radical (unpaired) electrons. The zero-order valence-corrected chi connectivity index (χ0v) is 13.8. The van der Waals surface area contributed by atoms with Gasteiger partial charge in [-0.15, -0.1) is 0 Å². The number of hydrogen-bond donors (Lipinski definition) is 1. The minimum atomic E-state index is -0.829. The summed E-state index contributed by atoms with van der Waals surface area (Å²) in [5.74, 6) is -1.60. The lowest BCUT2D eigenvalue weighted by atomic mass is 9.94. The summed E-state index contributed by atoms with van der Waals surface area (Å²) in [5, 5.41) is 9.24. The van der Waals surface area contributed by atoms with Gasteiger partial charge in [-0.2, -0.15) is 0 Å². The number of hydrogen-bond acceptors (Lipinski definition) is 3. The lowest BCUT2D eigenvalue weighted by molar-refractivity contribution is -0.142.